The number of nitrogens with zero attached hydrogens (tertiary/aromatic N) is 5. The van der Waals surface area contributed by atoms with Crippen molar-refractivity contribution in [3.05, 3.63) is 103 Å². The van der Waals surface area contributed by atoms with Gasteiger partial charge in [0.2, 0.25) is 5.95 Å². The van der Waals surface area contributed by atoms with Crippen molar-refractivity contribution in [2.24, 2.45) is 0 Å². The summed E-state index contributed by atoms with van der Waals surface area (Å²) in [6.45, 7) is 2.12. The fourth-order valence-electron chi connectivity index (χ4n) is 6.52. The van der Waals surface area contributed by atoms with Crippen LogP contribution in [0.1, 0.15) is 31.4 Å². The molecule has 1 fully saturated rings. The second-order valence-corrected chi connectivity index (χ2v) is 15.2. The number of fused-ring (bicyclic) bond motifs is 2. The Morgan fingerprint density at radius 1 is 1.00 bits per heavy atom. The molecule has 1 atom stereocenters. The Kier molecular flexibility index (Phi) is 7.48. The van der Waals surface area contributed by atoms with E-state index >= 15 is 0 Å². The number of halogens is 3. The molecule has 1 saturated heterocycles. The summed E-state index contributed by atoms with van der Waals surface area (Å²) in [5, 5.41) is 0.577. The molecule has 0 unspecified atom stereocenters. The first-order valence-electron chi connectivity index (χ1n) is 14.3. The largest absolute Gasteiger partial charge is 0.326 e. The van der Waals surface area contributed by atoms with Crippen LogP contribution in [0.5, 0.6) is 0 Å². The molecule has 5 aromatic rings. The van der Waals surface area contributed by atoms with E-state index in [4.69, 9.17) is 23.2 Å². The summed E-state index contributed by atoms with van der Waals surface area (Å²) in [7, 11) is -4.10. The summed E-state index contributed by atoms with van der Waals surface area (Å²) < 4.78 is 34.2. The highest BCUT2D eigenvalue weighted by Crippen LogP contribution is 2.45. The Labute approximate surface area is 277 Å². The normalized spacial score (nSPS) is 19.5. The van der Waals surface area contributed by atoms with Crippen LogP contribution < -0.4 is 10.6 Å². The Hall–Kier alpha value is -3.42. The minimum Gasteiger partial charge on any atom is -0.306 e. The summed E-state index contributed by atoms with van der Waals surface area (Å²) in [6.07, 6.45) is 2.42. The zero-order valence-corrected chi connectivity index (χ0v) is 27.9. The van der Waals surface area contributed by atoms with Crippen molar-refractivity contribution in [3.63, 3.8) is 0 Å². The van der Waals surface area contributed by atoms with Crippen LogP contribution in [-0.2, 0) is 26.8 Å². The zero-order chi connectivity index (χ0) is 31.7. The molecule has 45 heavy (non-hydrogen) atoms. The zero-order valence-electron chi connectivity index (χ0n) is 24.0. The fourth-order valence-corrected chi connectivity index (χ4v) is 8.96. The van der Waals surface area contributed by atoms with Crippen molar-refractivity contribution < 1.29 is 13.2 Å². The molecular weight excluding hydrogens is 703 g/mol. The minimum atomic E-state index is -4.10. The van der Waals surface area contributed by atoms with Crippen molar-refractivity contribution >= 4 is 77.7 Å². The highest BCUT2D eigenvalue weighted by atomic mass is 79.9. The number of sulfonamides is 1. The molecule has 0 aliphatic carbocycles. The second kappa shape index (κ2) is 11.1. The van der Waals surface area contributed by atoms with Gasteiger partial charge in [-0.3, -0.25) is 13.9 Å². The number of anilines is 2. The number of para-hydroxylation sites is 2. The molecule has 2 aromatic heterocycles. The average molecular weight is 730 g/mol. The van der Waals surface area contributed by atoms with Crippen LogP contribution in [0.25, 0.3) is 11.0 Å². The van der Waals surface area contributed by atoms with Crippen molar-refractivity contribution in [1.82, 2.24) is 23.4 Å². The van der Waals surface area contributed by atoms with Gasteiger partial charge in [0.25, 0.3) is 15.9 Å². The lowest BCUT2D eigenvalue weighted by Gasteiger charge is -2.33. The maximum absolute atomic E-state index is 14.3. The first kappa shape index (κ1) is 30.2. The number of aromatic amines is 1. The number of nitrogens with one attached hydrogen (secondary N) is 1. The standard InChI is InChI=1S/C31H27BrCl2N6O4S/c1-31(17-19-6-8-20(32)9-7-19)28(41)39(24-15-21(33)14-22(34)16-24)29-35-18-27(40(29)31)45(43,44)37-12-10-23(11-13-37)38-26-5-3-2-4-25(26)36-30(38)42/h2-9,14-16,18,23H,10-13,17H2,1H3,(H,36,42)/t31-/m1/s1. The highest BCUT2D eigenvalue weighted by Gasteiger charge is 2.52. The van der Waals surface area contributed by atoms with Gasteiger partial charge in [-0.15, -0.1) is 0 Å². The maximum atomic E-state index is 14.3. The molecule has 7 rings (SSSR count). The summed E-state index contributed by atoms with van der Waals surface area (Å²) in [5.41, 5.74) is 1.21. The molecule has 0 radical (unpaired) electrons. The quantitative estimate of drug-likeness (QED) is 0.222. The third-order valence-corrected chi connectivity index (χ3v) is 11.5. The van der Waals surface area contributed by atoms with E-state index in [0.717, 1.165) is 21.1 Å². The van der Waals surface area contributed by atoms with Crippen molar-refractivity contribution in [2.75, 3.05) is 18.0 Å². The van der Waals surface area contributed by atoms with E-state index in [9.17, 15) is 18.0 Å². The molecule has 1 amide bonds. The van der Waals surface area contributed by atoms with Gasteiger partial charge in [-0.2, -0.15) is 4.31 Å². The Balaban J connectivity index is 1.26. The van der Waals surface area contributed by atoms with E-state index < -0.39 is 15.6 Å². The number of aromatic nitrogens is 4. The molecule has 0 spiro atoms. The predicted octanol–water partition coefficient (Wildman–Crippen LogP) is 6.26. The van der Waals surface area contributed by atoms with Crippen molar-refractivity contribution in [1.29, 1.82) is 0 Å². The van der Waals surface area contributed by atoms with Gasteiger partial charge in [-0.1, -0.05) is 63.4 Å². The van der Waals surface area contributed by atoms with Gasteiger partial charge in [-0.05, 0) is 67.8 Å². The smallest absolute Gasteiger partial charge is 0.306 e. The first-order valence-corrected chi connectivity index (χ1v) is 17.3. The van der Waals surface area contributed by atoms with E-state index in [0.29, 0.717) is 28.6 Å². The monoisotopic (exact) mass is 728 g/mol. The van der Waals surface area contributed by atoms with Crippen LogP contribution in [0.15, 0.2) is 87.2 Å². The third-order valence-electron chi connectivity index (χ3n) is 8.65. The van der Waals surface area contributed by atoms with Gasteiger partial charge in [-0.25, -0.2) is 23.1 Å². The summed E-state index contributed by atoms with van der Waals surface area (Å²) >= 11 is 16.1. The van der Waals surface area contributed by atoms with E-state index in [1.54, 1.807) is 29.7 Å². The molecule has 232 valence electrons. The summed E-state index contributed by atoms with van der Waals surface area (Å²) in [5.74, 6) is -0.197. The van der Waals surface area contributed by atoms with Gasteiger partial charge in [0.05, 0.1) is 22.9 Å². The molecular formula is C31H27BrCl2N6O4S. The molecule has 10 nitrogen and oxygen atoms in total. The number of hydrogen-bond acceptors (Lipinski definition) is 5. The van der Waals surface area contributed by atoms with E-state index in [2.05, 4.69) is 25.9 Å². The molecule has 3 aromatic carbocycles. The van der Waals surface area contributed by atoms with Gasteiger partial charge >= 0.3 is 5.69 Å². The van der Waals surface area contributed by atoms with Crippen LogP contribution in [-0.4, -0.2) is 50.8 Å². The maximum Gasteiger partial charge on any atom is 0.326 e. The lowest BCUT2D eigenvalue weighted by molar-refractivity contribution is -0.124. The Morgan fingerprint density at radius 2 is 1.67 bits per heavy atom. The lowest BCUT2D eigenvalue weighted by Crippen LogP contribution is -2.44. The summed E-state index contributed by atoms with van der Waals surface area (Å²) in [4.78, 5) is 35.9. The number of rotatable bonds is 6. The SMILES string of the molecule is C[C@@]1(Cc2ccc(Br)cc2)C(=O)N(c2cc(Cl)cc(Cl)c2)c2ncc(S(=O)(=O)N3CCC(n4c(=O)[nH]c5ccccc54)CC3)n21. The van der Waals surface area contributed by atoms with Crippen molar-refractivity contribution in [3.8, 4) is 0 Å². The molecule has 4 heterocycles. The van der Waals surface area contributed by atoms with Gasteiger partial charge < -0.3 is 4.98 Å². The first-order chi connectivity index (χ1) is 21.5. The van der Waals surface area contributed by atoms with Crippen LogP contribution in [0, 0.1) is 0 Å². The van der Waals surface area contributed by atoms with Crippen LogP contribution in [0.2, 0.25) is 10.0 Å². The Bertz CT molecular complexity index is 2120. The number of carbonyl (C=O) groups is 1. The molecule has 0 bridgehead atoms. The number of hydrogen-bond donors (Lipinski definition) is 1. The lowest BCUT2D eigenvalue weighted by atomic mass is 9.92. The molecule has 14 heteroatoms. The molecule has 2 aliphatic rings. The number of H-pyrrole nitrogens is 1. The highest BCUT2D eigenvalue weighted by molar-refractivity contribution is 9.10. The van der Waals surface area contributed by atoms with Gasteiger partial charge in [0.1, 0.15) is 5.54 Å². The number of carbonyl (C=O) groups excluding carboxylic acids is 1. The van der Waals surface area contributed by atoms with Gasteiger partial charge in [0.15, 0.2) is 5.03 Å². The van der Waals surface area contributed by atoms with Crippen LogP contribution in [0.3, 0.4) is 0 Å². The molecule has 0 saturated carbocycles. The number of piperidine rings is 1. The fraction of sp³-hybridized carbons (Fsp3) is 0.258. The molecule has 1 N–H and O–H groups in total. The third kappa shape index (κ3) is 5.03. The Morgan fingerprint density at radius 3 is 2.36 bits per heavy atom. The number of benzene rings is 3. The minimum absolute atomic E-state index is 0.0798. The summed E-state index contributed by atoms with van der Waals surface area (Å²) in [6, 6.07) is 19.6. The number of amides is 1. The topological polar surface area (TPSA) is 113 Å². The van der Waals surface area contributed by atoms with Gasteiger partial charge in [0, 0.05) is 40.1 Å². The molecule has 2 aliphatic heterocycles. The predicted molar refractivity (Wildman–Crippen MR) is 177 cm³/mol. The number of imidazole rings is 2. The van der Waals surface area contributed by atoms with E-state index in [-0.39, 0.29) is 48.1 Å². The average Bonchev–Trinajstić information content (AvgIpc) is 3.65. The van der Waals surface area contributed by atoms with Crippen LogP contribution >= 0.6 is 39.1 Å². The van der Waals surface area contributed by atoms with Crippen molar-refractivity contribution in [2.45, 2.75) is 42.8 Å². The van der Waals surface area contributed by atoms with E-state index in [1.165, 1.54) is 20.0 Å². The second-order valence-electron chi connectivity index (χ2n) is 11.5. The van der Waals surface area contributed by atoms with Crippen LogP contribution in [0.4, 0.5) is 11.6 Å². The van der Waals surface area contributed by atoms with E-state index in [1.807, 2.05) is 48.5 Å².